The van der Waals surface area contributed by atoms with Gasteiger partial charge in [-0.25, -0.2) is 8.42 Å². The van der Waals surface area contributed by atoms with Gasteiger partial charge in [0.15, 0.2) is 0 Å². The summed E-state index contributed by atoms with van der Waals surface area (Å²) in [5.74, 6) is 0. The van der Waals surface area contributed by atoms with Gasteiger partial charge in [0.25, 0.3) is 10.0 Å². The van der Waals surface area contributed by atoms with E-state index in [-0.39, 0.29) is 6.04 Å². The molecule has 5 nitrogen and oxygen atoms in total. The summed E-state index contributed by atoms with van der Waals surface area (Å²) in [5, 5.41) is 5.11. The van der Waals surface area contributed by atoms with Gasteiger partial charge >= 0.3 is 0 Å². The van der Waals surface area contributed by atoms with Crippen LogP contribution in [-0.4, -0.2) is 45.0 Å². The van der Waals surface area contributed by atoms with Crippen LogP contribution in [0.2, 0.25) is 0 Å². The average Bonchev–Trinajstić information content (AvgIpc) is 3.11. The van der Waals surface area contributed by atoms with Gasteiger partial charge in [-0.05, 0) is 17.0 Å². The number of piperazine rings is 1. The molecule has 1 fully saturated rings. The number of sulfonamides is 1. The second kappa shape index (κ2) is 7.55. The summed E-state index contributed by atoms with van der Waals surface area (Å²) in [6.45, 7) is 2.61. The lowest BCUT2D eigenvalue weighted by atomic mass is 10.2. The number of benzene rings is 1. The van der Waals surface area contributed by atoms with Gasteiger partial charge in [-0.3, -0.25) is 0 Å². The van der Waals surface area contributed by atoms with E-state index in [0.29, 0.717) is 37.1 Å². The second-order valence-corrected chi connectivity index (χ2v) is 8.56. The standard InChI is InChI=1S/C16H20N2O3S2/c19-23(20,16-7-4-10-22-16)18-9-8-17-15(11-18)13-21-12-14-5-2-1-3-6-14/h1-7,10,15,17H,8-9,11-13H2/t15-/m1/s1. The van der Waals surface area contributed by atoms with Crippen molar-refractivity contribution < 1.29 is 13.2 Å². The van der Waals surface area contributed by atoms with Gasteiger partial charge < -0.3 is 10.1 Å². The minimum atomic E-state index is -3.37. The van der Waals surface area contributed by atoms with Crippen LogP contribution >= 0.6 is 11.3 Å². The van der Waals surface area contributed by atoms with Gasteiger partial charge in [-0.15, -0.1) is 11.3 Å². The molecule has 0 radical (unpaired) electrons. The van der Waals surface area contributed by atoms with Gasteiger partial charge in [0, 0.05) is 25.7 Å². The topological polar surface area (TPSA) is 58.6 Å². The molecule has 7 heteroatoms. The van der Waals surface area contributed by atoms with Crippen molar-refractivity contribution in [2.75, 3.05) is 26.2 Å². The molecule has 2 heterocycles. The fourth-order valence-electron chi connectivity index (χ4n) is 2.56. The number of nitrogens with zero attached hydrogens (tertiary/aromatic N) is 1. The average molecular weight is 352 g/mol. The molecule has 1 atom stereocenters. The molecule has 0 aliphatic carbocycles. The van der Waals surface area contributed by atoms with E-state index in [9.17, 15) is 8.42 Å². The van der Waals surface area contributed by atoms with Crippen LogP contribution in [0.3, 0.4) is 0 Å². The molecule has 0 saturated carbocycles. The predicted molar refractivity (Wildman–Crippen MR) is 91.0 cm³/mol. The van der Waals surface area contributed by atoms with E-state index in [1.54, 1.807) is 21.8 Å². The summed E-state index contributed by atoms with van der Waals surface area (Å²) in [4.78, 5) is 0. The smallest absolute Gasteiger partial charge is 0.252 e. The minimum Gasteiger partial charge on any atom is -0.375 e. The molecule has 0 spiro atoms. The number of rotatable bonds is 6. The highest BCUT2D eigenvalue weighted by Gasteiger charge is 2.30. The van der Waals surface area contributed by atoms with E-state index in [4.69, 9.17) is 4.74 Å². The molecule has 1 saturated heterocycles. The Bertz CT molecular complexity index is 702. The molecule has 0 bridgehead atoms. The SMILES string of the molecule is O=S(=O)(c1cccs1)N1CCN[C@@H](COCc2ccccc2)C1. The lowest BCUT2D eigenvalue weighted by Gasteiger charge is -2.32. The number of hydrogen-bond acceptors (Lipinski definition) is 5. The van der Waals surface area contributed by atoms with Gasteiger partial charge in [0.05, 0.1) is 13.2 Å². The van der Waals surface area contributed by atoms with E-state index < -0.39 is 10.0 Å². The Morgan fingerprint density at radius 2 is 2.04 bits per heavy atom. The molecule has 3 rings (SSSR count). The van der Waals surface area contributed by atoms with Crippen molar-refractivity contribution in [3.8, 4) is 0 Å². The maximum atomic E-state index is 12.6. The molecule has 1 N–H and O–H groups in total. The third kappa shape index (κ3) is 4.19. The largest absolute Gasteiger partial charge is 0.375 e. The van der Waals surface area contributed by atoms with Crippen LogP contribution in [0.1, 0.15) is 5.56 Å². The molecule has 1 aromatic carbocycles. The number of ether oxygens (including phenoxy) is 1. The van der Waals surface area contributed by atoms with Crippen molar-refractivity contribution in [3.05, 3.63) is 53.4 Å². The molecule has 1 aliphatic heterocycles. The first-order chi connectivity index (χ1) is 11.2. The van der Waals surface area contributed by atoms with Crippen LogP contribution in [0.5, 0.6) is 0 Å². The van der Waals surface area contributed by atoms with E-state index in [0.717, 1.165) is 5.56 Å². The van der Waals surface area contributed by atoms with Crippen molar-refractivity contribution in [1.29, 1.82) is 0 Å². The van der Waals surface area contributed by atoms with E-state index in [1.807, 2.05) is 30.3 Å². The van der Waals surface area contributed by atoms with E-state index >= 15 is 0 Å². The monoisotopic (exact) mass is 352 g/mol. The van der Waals surface area contributed by atoms with Gasteiger partial charge in [-0.1, -0.05) is 36.4 Å². The van der Waals surface area contributed by atoms with Gasteiger partial charge in [0.1, 0.15) is 4.21 Å². The Labute approximate surface area is 140 Å². The van der Waals surface area contributed by atoms with Crippen LogP contribution in [0, 0.1) is 0 Å². The van der Waals surface area contributed by atoms with Crippen LogP contribution < -0.4 is 5.32 Å². The lowest BCUT2D eigenvalue weighted by Crippen LogP contribution is -2.54. The predicted octanol–water partition coefficient (Wildman–Crippen LogP) is 1.93. The first kappa shape index (κ1) is 16.6. The molecule has 23 heavy (non-hydrogen) atoms. The van der Waals surface area contributed by atoms with Gasteiger partial charge in [-0.2, -0.15) is 4.31 Å². The Kier molecular flexibility index (Phi) is 5.45. The maximum absolute atomic E-state index is 12.6. The fraction of sp³-hybridized carbons (Fsp3) is 0.375. The Hall–Kier alpha value is -1.25. The summed E-state index contributed by atoms with van der Waals surface area (Å²) in [6.07, 6.45) is 0. The zero-order valence-corrected chi connectivity index (χ0v) is 14.4. The second-order valence-electron chi connectivity index (χ2n) is 5.45. The van der Waals surface area contributed by atoms with E-state index in [1.165, 1.54) is 11.3 Å². The highest BCUT2D eigenvalue weighted by molar-refractivity contribution is 7.91. The van der Waals surface area contributed by atoms with Crippen LogP contribution in [0.4, 0.5) is 0 Å². The number of nitrogens with one attached hydrogen (secondary N) is 1. The van der Waals surface area contributed by atoms with Gasteiger partial charge in [0.2, 0.25) is 0 Å². The minimum absolute atomic E-state index is 0.0159. The van der Waals surface area contributed by atoms with Crippen molar-refractivity contribution in [3.63, 3.8) is 0 Å². The third-order valence-corrected chi connectivity index (χ3v) is 6.98. The Morgan fingerprint density at radius 1 is 1.22 bits per heavy atom. The molecule has 1 aromatic heterocycles. The highest BCUT2D eigenvalue weighted by atomic mass is 32.2. The molecule has 1 aliphatic rings. The summed E-state index contributed by atoms with van der Waals surface area (Å²) >= 11 is 1.26. The normalized spacial score (nSPS) is 19.7. The molecule has 0 amide bonds. The number of hydrogen-bond donors (Lipinski definition) is 1. The summed E-state index contributed by atoms with van der Waals surface area (Å²) < 4.78 is 32.8. The summed E-state index contributed by atoms with van der Waals surface area (Å²) in [6, 6.07) is 13.4. The summed E-state index contributed by atoms with van der Waals surface area (Å²) in [5.41, 5.74) is 1.12. The first-order valence-electron chi connectivity index (χ1n) is 7.55. The van der Waals surface area contributed by atoms with Crippen molar-refractivity contribution in [2.45, 2.75) is 16.9 Å². The van der Waals surface area contributed by atoms with Crippen LogP contribution in [0.15, 0.2) is 52.1 Å². The van der Waals surface area contributed by atoms with Crippen molar-refractivity contribution >= 4 is 21.4 Å². The highest BCUT2D eigenvalue weighted by Crippen LogP contribution is 2.21. The zero-order valence-electron chi connectivity index (χ0n) is 12.7. The molecular weight excluding hydrogens is 332 g/mol. The molecule has 0 unspecified atom stereocenters. The Morgan fingerprint density at radius 3 is 2.78 bits per heavy atom. The first-order valence-corrected chi connectivity index (χ1v) is 9.87. The van der Waals surface area contributed by atoms with Crippen LogP contribution in [0.25, 0.3) is 0 Å². The summed E-state index contributed by atoms with van der Waals surface area (Å²) in [7, 11) is -3.37. The lowest BCUT2D eigenvalue weighted by molar-refractivity contribution is 0.0855. The van der Waals surface area contributed by atoms with E-state index in [2.05, 4.69) is 5.32 Å². The molecular formula is C16H20N2O3S2. The third-order valence-electron chi connectivity index (χ3n) is 3.74. The maximum Gasteiger partial charge on any atom is 0.252 e. The molecule has 124 valence electrons. The van der Waals surface area contributed by atoms with Crippen molar-refractivity contribution in [1.82, 2.24) is 9.62 Å². The Balaban J connectivity index is 1.54. The molecule has 2 aromatic rings. The zero-order chi connectivity index (χ0) is 16.1. The van der Waals surface area contributed by atoms with Crippen LogP contribution in [-0.2, 0) is 21.4 Å². The quantitative estimate of drug-likeness (QED) is 0.863. The van der Waals surface area contributed by atoms with Crippen molar-refractivity contribution in [2.24, 2.45) is 0 Å². The fourth-order valence-corrected chi connectivity index (χ4v) is 5.19. The number of thiophene rings is 1.